The Morgan fingerprint density at radius 1 is 0.968 bits per heavy atom. The Hall–Kier alpha value is -3.39. The van der Waals surface area contributed by atoms with E-state index in [-0.39, 0.29) is 23.3 Å². The second-order valence-corrected chi connectivity index (χ2v) is 9.01. The van der Waals surface area contributed by atoms with Crippen LogP contribution in [0.1, 0.15) is 17.3 Å². The number of anilines is 1. The number of rotatable bonds is 5. The first-order valence-corrected chi connectivity index (χ1v) is 11.5. The summed E-state index contributed by atoms with van der Waals surface area (Å²) in [6.07, 6.45) is 0. The molecule has 160 valence electrons. The number of carbonyl (C=O) groups is 2. The van der Waals surface area contributed by atoms with Crippen molar-refractivity contribution in [2.75, 3.05) is 30.9 Å². The maximum absolute atomic E-state index is 12.9. The zero-order valence-electron chi connectivity index (χ0n) is 17.1. The number of fused-ring (bicyclic) bond motifs is 1. The van der Waals surface area contributed by atoms with Gasteiger partial charge in [-0.3, -0.25) is 14.3 Å². The van der Waals surface area contributed by atoms with E-state index in [1.165, 1.54) is 4.90 Å². The lowest BCUT2D eigenvalue weighted by Gasteiger charge is -2.33. The van der Waals surface area contributed by atoms with E-state index in [0.29, 0.717) is 36.3 Å². The van der Waals surface area contributed by atoms with E-state index in [1.807, 2.05) is 25.1 Å². The van der Waals surface area contributed by atoms with Gasteiger partial charge in [-0.2, -0.15) is 0 Å². The highest BCUT2D eigenvalue weighted by atomic mass is 32.2. The number of nitrogens with one attached hydrogen (secondary N) is 1. The van der Waals surface area contributed by atoms with Crippen molar-refractivity contribution >= 4 is 38.3 Å². The van der Waals surface area contributed by atoms with Crippen LogP contribution in [-0.4, -0.2) is 56.2 Å². The van der Waals surface area contributed by atoms with Gasteiger partial charge in [0.15, 0.2) is 0 Å². The molecule has 1 aliphatic heterocycles. The predicted octanol–water partition coefficient (Wildman–Crippen LogP) is 2.94. The molecule has 0 spiro atoms. The molecule has 3 aromatic rings. The van der Waals surface area contributed by atoms with Crippen LogP contribution in [0.5, 0.6) is 0 Å². The molecule has 2 amide bonds. The van der Waals surface area contributed by atoms with Gasteiger partial charge in [0.05, 0.1) is 4.90 Å². The van der Waals surface area contributed by atoms with Gasteiger partial charge in [-0.15, -0.1) is 0 Å². The van der Waals surface area contributed by atoms with E-state index in [9.17, 15) is 18.0 Å². The molecular formula is C23H23N3O4S. The summed E-state index contributed by atoms with van der Waals surface area (Å²) < 4.78 is 28.5. The van der Waals surface area contributed by atoms with Crippen LogP contribution in [0.3, 0.4) is 0 Å². The summed E-state index contributed by atoms with van der Waals surface area (Å²) in [6, 6.07) is 18.7. The molecule has 0 unspecified atom stereocenters. The summed E-state index contributed by atoms with van der Waals surface area (Å²) >= 11 is 0. The van der Waals surface area contributed by atoms with Crippen molar-refractivity contribution in [1.29, 1.82) is 0 Å². The molecule has 0 saturated carbocycles. The molecule has 4 rings (SSSR count). The summed E-state index contributed by atoms with van der Waals surface area (Å²) in [7, 11) is -3.81. The third kappa shape index (κ3) is 4.25. The Bertz CT molecular complexity index is 1230. The fraction of sp³-hybridized carbons (Fsp3) is 0.217. The highest BCUT2D eigenvalue weighted by Crippen LogP contribution is 2.25. The second-order valence-electron chi connectivity index (χ2n) is 7.36. The van der Waals surface area contributed by atoms with E-state index >= 15 is 0 Å². The molecule has 1 saturated heterocycles. The van der Waals surface area contributed by atoms with Crippen molar-refractivity contribution < 1.29 is 18.0 Å². The van der Waals surface area contributed by atoms with Gasteiger partial charge in [-0.1, -0.05) is 36.4 Å². The van der Waals surface area contributed by atoms with Gasteiger partial charge in [0.2, 0.25) is 5.91 Å². The number of nitrogens with zero attached hydrogens (tertiary/aromatic N) is 2. The second kappa shape index (κ2) is 8.39. The molecule has 1 N–H and O–H groups in total. The smallest absolute Gasteiger partial charge is 0.262 e. The predicted molar refractivity (Wildman–Crippen MR) is 119 cm³/mol. The quantitative estimate of drug-likeness (QED) is 0.665. The zero-order chi connectivity index (χ0) is 22.0. The van der Waals surface area contributed by atoms with Crippen molar-refractivity contribution in [2.45, 2.75) is 11.8 Å². The first-order chi connectivity index (χ1) is 14.9. The molecule has 31 heavy (non-hydrogen) atoms. The normalized spacial score (nSPS) is 14.7. The molecule has 7 nitrogen and oxygen atoms in total. The van der Waals surface area contributed by atoms with E-state index in [2.05, 4.69) is 4.72 Å². The van der Waals surface area contributed by atoms with Crippen LogP contribution < -0.4 is 4.72 Å². The lowest BCUT2D eigenvalue weighted by atomic mass is 10.1. The number of benzene rings is 3. The number of hydrogen-bond acceptors (Lipinski definition) is 4. The van der Waals surface area contributed by atoms with Crippen LogP contribution in [0.25, 0.3) is 10.8 Å². The summed E-state index contributed by atoms with van der Waals surface area (Å²) in [5.41, 5.74) is 0.766. The monoisotopic (exact) mass is 437 g/mol. The molecule has 0 aliphatic carbocycles. The van der Waals surface area contributed by atoms with Gasteiger partial charge >= 0.3 is 0 Å². The lowest BCUT2D eigenvalue weighted by Crippen LogP contribution is -2.52. The Balaban J connectivity index is 1.51. The molecule has 0 bridgehead atoms. The number of hydrogen-bond donors (Lipinski definition) is 1. The Kier molecular flexibility index (Phi) is 5.65. The summed E-state index contributed by atoms with van der Waals surface area (Å²) in [6.45, 7) is 3.60. The summed E-state index contributed by atoms with van der Waals surface area (Å²) in [5, 5.41) is 1.48. The van der Waals surface area contributed by atoms with Crippen LogP contribution in [0.4, 0.5) is 5.69 Å². The van der Waals surface area contributed by atoms with Crippen LogP contribution in [-0.2, 0) is 14.8 Å². The maximum atomic E-state index is 12.9. The van der Waals surface area contributed by atoms with Gasteiger partial charge in [-0.25, -0.2) is 8.42 Å². The minimum atomic E-state index is -3.81. The number of sulfonamides is 1. The maximum Gasteiger partial charge on any atom is 0.262 e. The molecule has 1 heterocycles. The third-order valence-corrected chi connectivity index (χ3v) is 6.85. The molecule has 8 heteroatoms. The fourth-order valence-electron chi connectivity index (χ4n) is 3.72. The van der Waals surface area contributed by atoms with Crippen molar-refractivity contribution in [3.8, 4) is 0 Å². The fourth-order valence-corrected chi connectivity index (χ4v) is 5.01. The Morgan fingerprint density at radius 3 is 2.39 bits per heavy atom. The highest BCUT2D eigenvalue weighted by Gasteiger charge is 2.27. The average Bonchev–Trinajstić information content (AvgIpc) is 2.78. The van der Waals surface area contributed by atoms with E-state index < -0.39 is 10.0 Å². The zero-order valence-corrected chi connectivity index (χ0v) is 17.9. The van der Waals surface area contributed by atoms with Gasteiger partial charge in [-0.05, 0) is 42.6 Å². The van der Waals surface area contributed by atoms with E-state index in [4.69, 9.17) is 0 Å². The average molecular weight is 438 g/mol. The van der Waals surface area contributed by atoms with Gasteiger partial charge < -0.3 is 9.80 Å². The first kappa shape index (κ1) is 20.9. The van der Waals surface area contributed by atoms with Crippen LogP contribution in [0.2, 0.25) is 0 Å². The van der Waals surface area contributed by atoms with Gasteiger partial charge in [0.25, 0.3) is 15.9 Å². The highest BCUT2D eigenvalue weighted by molar-refractivity contribution is 7.93. The molecule has 1 aliphatic rings. The molecule has 0 radical (unpaired) electrons. The van der Waals surface area contributed by atoms with Gasteiger partial charge in [0.1, 0.15) is 6.54 Å². The summed E-state index contributed by atoms with van der Waals surface area (Å²) in [5.74, 6) is -0.311. The number of likely N-dealkylation sites (N-methyl/N-ethyl adjacent to an activating group) is 1. The van der Waals surface area contributed by atoms with E-state index in [1.54, 1.807) is 53.4 Å². The van der Waals surface area contributed by atoms with Crippen molar-refractivity contribution in [3.63, 3.8) is 0 Å². The van der Waals surface area contributed by atoms with E-state index in [0.717, 1.165) is 5.39 Å². The Labute approximate surface area is 181 Å². The van der Waals surface area contributed by atoms with Crippen molar-refractivity contribution in [1.82, 2.24) is 9.80 Å². The van der Waals surface area contributed by atoms with Crippen LogP contribution >= 0.6 is 0 Å². The van der Waals surface area contributed by atoms with Crippen LogP contribution in [0, 0.1) is 0 Å². The summed E-state index contributed by atoms with van der Waals surface area (Å²) in [4.78, 5) is 28.2. The topological polar surface area (TPSA) is 86.8 Å². The molecule has 1 fully saturated rings. The lowest BCUT2D eigenvalue weighted by molar-refractivity contribution is -0.134. The number of piperazine rings is 1. The SMILES string of the molecule is CCN1CCN(C(=O)c2ccc(NS(=O)(=O)c3cccc4ccccc34)cc2)CC1=O. The molecule has 0 atom stereocenters. The molecule has 0 aromatic heterocycles. The number of carbonyl (C=O) groups excluding carboxylic acids is 2. The van der Waals surface area contributed by atoms with Crippen LogP contribution in [0.15, 0.2) is 71.6 Å². The standard InChI is InChI=1S/C23H23N3O4S/c1-2-25-14-15-26(16-22(25)27)23(28)18-10-12-19(13-11-18)24-31(29,30)21-9-5-7-17-6-3-4-8-20(17)21/h3-13,24H,2,14-16H2,1H3. The van der Waals surface area contributed by atoms with Crippen molar-refractivity contribution in [3.05, 3.63) is 72.3 Å². The van der Waals surface area contributed by atoms with Gasteiger partial charge in [0, 0.05) is 36.3 Å². The minimum Gasteiger partial charge on any atom is -0.340 e. The molecule has 3 aromatic carbocycles. The first-order valence-electron chi connectivity index (χ1n) is 10.1. The molecular weight excluding hydrogens is 414 g/mol. The van der Waals surface area contributed by atoms with Crippen molar-refractivity contribution in [2.24, 2.45) is 0 Å². The Morgan fingerprint density at radius 2 is 1.68 bits per heavy atom. The largest absolute Gasteiger partial charge is 0.340 e. The number of amides is 2. The minimum absolute atomic E-state index is 0.0577. The third-order valence-electron chi connectivity index (χ3n) is 5.41.